The summed E-state index contributed by atoms with van der Waals surface area (Å²) in [5.41, 5.74) is 1.94. The molecule has 0 spiro atoms. The Morgan fingerprint density at radius 2 is 1.73 bits per heavy atom. The normalized spacial score (nSPS) is 10.7. The van der Waals surface area contributed by atoms with Gasteiger partial charge >= 0.3 is 0 Å². The van der Waals surface area contributed by atoms with E-state index in [-0.39, 0.29) is 5.75 Å². The molecule has 2 rings (SSSR count). The lowest BCUT2D eigenvalue weighted by atomic mass is 10.1. The van der Waals surface area contributed by atoms with Gasteiger partial charge in [0.1, 0.15) is 5.75 Å². The van der Waals surface area contributed by atoms with Gasteiger partial charge in [0.2, 0.25) is 5.75 Å². The Bertz CT molecular complexity index is 662. The Hall–Kier alpha value is -2.62. The predicted molar refractivity (Wildman–Crippen MR) is 86.9 cm³/mol. The van der Waals surface area contributed by atoms with Crippen molar-refractivity contribution in [3.63, 3.8) is 0 Å². The zero-order chi connectivity index (χ0) is 15.9. The number of phenols is 1. The maximum atomic E-state index is 9.46. The van der Waals surface area contributed by atoms with E-state index in [2.05, 4.69) is 0 Å². The van der Waals surface area contributed by atoms with Gasteiger partial charge in [-0.05, 0) is 36.2 Å². The second kappa shape index (κ2) is 7.41. The van der Waals surface area contributed by atoms with Gasteiger partial charge in [0.05, 0.1) is 21.3 Å². The first-order chi connectivity index (χ1) is 10.7. The molecule has 0 saturated carbocycles. The third-order valence-electron chi connectivity index (χ3n) is 3.30. The summed E-state index contributed by atoms with van der Waals surface area (Å²) in [6.45, 7) is 0. The summed E-state index contributed by atoms with van der Waals surface area (Å²) >= 11 is 0. The third kappa shape index (κ3) is 3.52. The van der Waals surface area contributed by atoms with E-state index in [1.165, 1.54) is 0 Å². The van der Waals surface area contributed by atoms with E-state index < -0.39 is 0 Å². The van der Waals surface area contributed by atoms with Gasteiger partial charge in [-0.15, -0.1) is 0 Å². The van der Waals surface area contributed by atoms with Gasteiger partial charge in [0.15, 0.2) is 11.5 Å². The van der Waals surface area contributed by atoms with Crippen LogP contribution in [0, 0.1) is 0 Å². The van der Waals surface area contributed by atoms with Crippen molar-refractivity contribution >= 4 is 6.08 Å². The highest BCUT2D eigenvalue weighted by atomic mass is 16.5. The average Bonchev–Trinajstić information content (AvgIpc) is 2.54. The molecular formula is C18H20O4. The summed E-state index contributed by atoms with van der Waals surface area (Å²) in [5, 5.41) is 9.46. The number of ether oxygens (including phenoxy) is 3. The van der Waals surface area contributed by atoms with E-state index in [4.69, 9.17) is 14.2 Å². The lowest BCUT2D eigenvalue weighted by Gasteiger charge is -2.14. The fourth-order valence-electron chi connectivity index (χ4n) is 2.26. The number of hydrogen-bond acceptors (Lipinski definition) is 4. The molecule has 0 aromatic heterocycles. The van der Waals surface area contributed by atoms with E-state index >= 15 is 0 Å². The molecule has 0 amide bonds. The van der Waals surface area contributed by atoms with E-state index in [9.17, 15) is 5.11 Å². The lowest BCUT2D eigenvalue weighted by molar-refractivity contribution is 0.324. The molecule has 0 radical (unpaired) electrons. The Morgan fingerprint density at radius 3 is 2.36 bits per heavy atom. The van der Waals surface area contributed by atoms with Crippen LogP contribution in [0.3, 0.4) is 0 Å². The van der Waals surface area contributed by atoms with Crippen LogP contribution in [0.1, 0.15) is 11.1 Å². The molecule has 0 aliphatic rings. The number of phenolic OH excluding ortho intramolecular Hbond substituents is 1. The van der Waals surface area contributed by atoms with Gasteiger partial charge in [-0.2, -0.15) is 0 Å². The maximum Gasteiger partial charge on any atom is 0.203 e. The first kappa shape index (κ1) is 15.8. The number of benzene rings is 2. The molecular weight excluding hydrogens is 280 g/mol. The molecule has 0 fully saturated rings. The van der Waals surface area contributed by atoms with Crippen LogP contribution in [0.2, 0.25) is 0 Å². The molecule has 0 aliphatic carbocycles. The van der Waals surface area contributed by atoms with Gasteiger partial charge in [-0.1, -0.05) is 24.3 Å². The van der Waals surface area contributed by atoms with Crippen molar-refractivity contribution in [3.05, 3.63) is 53.6 Å². The fraction of sp³-hybridized carbons (Fsp3) is 0.222. The zero-order valence-corrected chi connectivity index (χ0v) is 13.0. The predicted octanol–water partition coefficient (Wildman–Crippen LogP) is 3.67. The topological polar surface area (TPSA) is 47.9 Å². The summed E-state index contributed by atoms with van der Waals surface area (Å²) in [6.07, 6.45) is 4.69. The number of hydrogen-bond donors (Lipinski definition) is 1. The highest BCUT2D eigenvalue weighted by molar-refractivity contribution is 5.66. The molecule has 0 heterocycles. The highest BCUT2D eigenvalue weighted by Gasteiger charge is 2.13. The SMILES string of the molecule is COc1ccc(/C=C/Cc2cccc(O)c2)c(OC)c1OC. The lowest BCUT2D eigenvalue weighted by Crippen LogP contribution is -1.96. The molecule has 2 aromatic carbocycles. The molecule has 116 valence electrons. The number of methoxy groups -OCH3 is 3. The first-order valence-corrected chi connectivity index (χ1v) is 6.93. The highest BCUT2D eigenvalue weighted by Crippen LogP contribution is 2.40. The van der Waals surface area contributed by atoms with Gasteiger partial charge in [0.25, 0.3) is 0 Å². The van der Waals surface area contributed by atoms with Crippen molar-refractivity contribution in [2.24, 2.45) is 0 Å². The first-order valence-electron chi connectivity index (χ1n) is 6.93. The van der Waals surface area contributed by atoms with E-state index in [1.807, 2.05) is 36.4 Å². The van der Waals surface area contributed by atoms with Crippen molar-refractivity contribution in [1.29, 1.82) is 0 Å². The van der Waals surface area contributed by atoms with Crippen LogP contribution in [-0.4, -0.2) is 26.4 Å². The molecule has 0 atom stereocenters. The number of aromatic hydroxyl groups is 1. The Morgan fingerprint density at radius 1 is 0.955 bits per heavy atom. The van der Waals surface area contributed by atoms with Crippen LogP contribution in [-0.2, 0) is 6.42 Å². The van der Waals surface area contributed by atoms with E-state index in [0.29, 0.717) is 23.7 Å². The summed E-state index contributed by atoms with van der Waals surface area (Å²) in [4.78, 5) is 0. The quantitative estimate of drug-likeness (QED) is 0.884. The summed E-state index contributed by atoms with van der Waals surface area (Å²) in [6, 6.07) is 11.0. The minimum Gasteiger partial charge on any atom is -0.508 e. The standard InChI is InChI=1S/C18H20O4/c1-20-16-11-10-14(17(21-2)18(16)22-3)8-4-6-13-7-5-9-15(19)12-13/h4-5,7-12,19H,6H2,1-3H3/b8-4+. The Labute approximate surface area is 130 Å². The minimum absolute atomic E-state index is 0.273. The third-order valence-corrected chi connectivity index (χ3v) is 3.30. The molecule has 4 nitrogen and oxygen atoms in total. The molecule has 2 aromatic rings. The monoisotopic (exact) mass is 300 g/mol. The summed E-state index contributed by atoms with van der Waals surface area (Å²) < 4.78 is 16.1. The molecule has 0 saturated heterocycles. The van der Waals surface area contributed by atoms with Crippen molar-refractivity contribution in [2.75, 3.05) is 21.3 Å². The second-order valence-corrected chi connectivity index (χ2v) is 4.70. The van der Waals surface area contributed by atoms with Crippen LogP contribution >= 0.6 is 0 Å². The summed E-state index contributed by atoms with van der Waals surface area (Å²) in [5.74, 6) is 2.11. The van der Waals surface area contributed by atoms with Gasteiger partial charge in [0, 0.05) is 5.56 Å². The van der Waals surface area contributed by atoms with Crippen molar-refractivity contribution in [3.8, 4) is 23.0 Å². The zero-order valence-electron chi connectivity index (χ0n) is 13.0. The molecule has 4 heteroatoms. The second-order valence-electron chi connectivity index (χ2n) is 4.70. The molecule has 0 bridgehead atoms. The van der Waals surface area contributed by atoms with Crippen molar-refractivity contribution in [2.45, 2.75) is 6.42 Å². The van der Waals surface area contributed by atoms with Gasteiger partial charge in [-0.3, -0.25) is 0 Å². The van der Waals surface area contributed by atoms with Gasteiger partial charge in [-0.25, -0.2) is 0 Å². The Kier molecular flexibility index (Phi) is 5.31. The van der Waals surface area contributed by atoms with Crippen LogP contribution in [0.15, 0.2) is 42.5 Å². The molecule has 22 heavy (non-hydrogen) atoms. The molecule has 0 unspecified atom stereocenters. The molecule has 0 aliphatic heterocycles. The number of rotatable bonds is 6. The summed E-state index contributed by atoms with van der Waals surface area (Å²) in [7, 11) is 4.78. The molecule has 1 N–H and O–H groups in total. The van der Waals surface area contributed by atoms with Crippen LogP contribution in [0.4, 0.5) is 0 Å². The van der Waals surface area contributed by atoms with Crippen molar-refractivity contribution < 1.29 is 19.3 Å². The number of allylic oxidation sites excluding steroid dienone is 1. The van der Waals surface area contributed by atoms with E-state index in [0.717, 1.165) is 11.1 Å². The Balaban J connectivity index is 2.23. The van der Waals surface area contributed by atoms with Crippen LogP contribution in [0.5, 0.6) is 23.0 Å². The van der Waals surface area contributed by atoms with Crippen LogP contribution < -0.4 is 14.2 Å². The van der Waals surface area contributed by atoms with E-state index in [1.54, 1.807) is 33.5 Å². The van der Waals surface area contributed by atoms with Gasteiger partial charge < -0.3 is 19.3 Å². The maximum absolute atomic E-state index is 9.46. The largest absolute Gasteiger partial charge is 0.508 e. The van der Waals surface area contributed by atoms with Crippen molar-refractivity contribution in [1.82, 2.24) is 0 Å². The average molecular weight is 300 g/mol. The fourth-order valence-corrected chi connectivity index (χ4v) is 2.26. The van der Waals surface area contributed by atoms with Crippen LogP contribution in [0.25, 0.3) is 6.08 Å². The minimum atomic E-state index is 0.273. The smallest absolute Gasteiger partial charge is 0.203 e.